The number of halogens is 1. The van der Waals surface area contributed by atoms with Crippen LogP contribution in [0.4, 0.5) is 21.8 Å². The molecule has 1 aromatic carbocycles. The van der Waals surface area contributed by atoms with Gasteiger partial charge in [-0.15, -0.1) is 5.10 Å². The Morgan fingerprint density at radius 3 is 2.83 bits per heavy atom. The Morgan fingerprint density at radius 1 is 1.22 bits per heavy atom. The lowest BCUT2D eigenvalue weighted by atomic mass is 10.3. The lowest BCUT2D eigenvalue weighted by molar-refractivity contribution is 0.631. The molecule has 0 atom stereocenters. The Hall–Kier alpha value is -2.24. The summed E-state index contributed by atoms with van der Waals surface area (Å²) in [5.74, 6) is 0.596. The normalized spacial score (nSPS) is 14.3. The van der Waals surface area contributed by atoms with Gasteiger partial charge in [0.1, 0.15) is 5.82 Å². The van der Waals surface area contributed by atoms with E-state index >= 15 is 0 Å². The van der Waals surface area contributed by atoms with Crippen molar-refractivity contribution in [3.05, 3.63) is 36.3 Å². The molecule has 6 heteroatoms. The molecule has 1 aliphatic carbocycles. The first-order valence-electron chi connectivity index (χ1n) is 5.79. The second-order valence-electron chi connectivity index (χ2n) is 4.19. The van der Waals surface area contributed by atoms with E-state index in [1.807, 2.05) is 0 Å². The monoisotopic (exact) mass is 245 g/mol. The SMILES string of the molecule is Fc1ccccc1Nc1nncc(NC2CC2)n1. The van der Waals surface area contributed by atoms with E-state index in [-0.39, 0.29) is 11.8 Å². The van der Waals surface area contributed by atoms with Gasteiger partial charge in [0, 0.05) is 6.04 Å². The van der Waals surface area contributed by atoms with Crippen molar-refractivity contribution < 1.29 is 4.39 Å². The Labute approximate surface area is 103 Å². The van der Waals surface area contributed by atoms with Gasteiger partial charge in [0.2, 0.25) is 5.95 Å². The molecule has 3 rings (SSSR count). The highest BCUT2D eigenvalue weighted by molar-refractivity contribution is 5.54. The van der Waals surface area contributed by atoms with Gasteiger partial charge in [0.05, 0.1) is 11.9 Å². The summed E-state index contributed by atoms with van der Waals surface area (Å²) >= 11 is 0. The highest BCUT2D eigenvalue weighted by atomic mass is 19.1. The minimum Gasteiger partial charge on any atom is -0.366 e. The molecule has 5 nitrogen and oxygen atoms in total. The van der Waals surface area contributed by atoms with Crippen LogP contribution in [0.15, 0.2) is 30.5 Å². The number of nitrogens with one attached hydrogen (secondary N) is 2. The van der Waals surface area contributed by atoms with E-state index in [1.165, 1.54) is 6.07 Å². The molecule has 0 spiro atoms. The zero-order chi connectivity index (χ0) is 12.4. The average Bonchev–Trinajstić information content (AvgIpc) is 3.17. The van der Waals surface area contributed by atoms with Gasteiger partial charge in [-0.1, -0.05) is 12.1 Å². The standard InChI is InChI=1S/C12H12FN5/c13-9-3-1-2-4-10(9)16-12-17-11(7-14-18-12)15-8-5-6-8/h1-4,7-8H,5-6H2,(H2,15,16,17,18). The summed E-state index contributed by atoms with van der Waals surface area (Å²) in [6, 6.07) is 6.86. The third-order valence-electron chi connectivity index (χ3n) is 2.61. The van der Waals surface area contributed by atoms with Crippen molar-refractivity contribution in [2.45, 2.75) is 18.9 Å². The predicted octanol–water partition coefficient (Wildman–Crippen LogP) is 2.33. The third-order valence-corrected chi connectivity index (χ3v) is 2.61. The number of rotatable bonds is 4. The zero-order valence-corrected chi connectivity index (χ0v) is 9.60. The molecular weight excluding hydrogens is 233 g/mol. The van der Waals surface area contributed by atoms with Gasteiger partial charge in [-0.2, -0.15) is 10.1 Å². The number of nitrogens with zero attached hydrogens (tertiary/aromatic N) is 3. The second kappa shape index (κ2) is 4.56. The molecule has 2 aromatic rings. The zero-order valence-electron chi connectivity index (χ0n) is 9.60. The summed E-state index contributed by atoms with van der Waals surface area (Å²) in [6.07, 6.45) is 3.87. The maximum atomic E-state index is 13.4. The fraction of sp³-hybridized carbons (Fsp3) is 0.250. The van der Waals surface area contributed by atoms with Crippen LogP contribution in [0.1, 0.15) is 12.8 Å². The molecule has 1 aliphatic rings. The molecular formula is C12H12FN5. The summed E-state index contributed by atoms with van der Waals surface area (Å²) in [5, 5.41) is 13.7. The highest BCUT2D eigenvalue weighted by Gasteiger charge is 2.21. The molecule has 18 heavy (non-hydrogen) atoms. The smallest absolute Gasteiger partial charge is 0.249 e. The molecule has 1 saturated carbocycles. The molecule has 0 amide bonds. The Bertz CT molecular complexity index is 556. The third kappa shape index (κ3) is 2.53. The van der Waals surface area contributed by atoms with Crippen LogP contribution in [0.3, 0.4) is 0 Å². The predicted molar refractivity (Wildman–Crippen MR) is 66.2 cm³/mol. The van der Waals surface area contributed by atoms with Crippen LogP contribution >= 0.6 is 0 Å². The molecule has 2 N–H and O–H groups in total. The first kappa shape index (κ1) is 10.9. The van der Waals surface area contributed by atoms with Gasteiger partial charge in [-0.25, -0.2) is 4.39 Å². The van der Waals surface area contributed by atoms with Crippen LogP contribution in [-0.2, 0) is 0 Å². The fourth-order valence-electron chi connectivity index (χ4n) is 1.55. The maximum absolute atomic E-state index is 13.4. The van der Waals surface area contributed by atoms with E-state index in [0.717, 1.165) is 12.8 Å². The van der Waals surface area contributed by atoms with Crippen LogP contribution in [0.5, 0.6) is 0 Å². The molecule has 1 fully saturated rings. The summed E-state index contributed by atoms with van der Waals surface area (Å²) < 4.78 is 13.4. The minimum absolute atomic E-state index is 0.283. The van der Waals surface area contributed by atoms with Crippen molar-refractivity contribution in [1.29, 1.82) is 0 Å². The maximum Gasteiger partial charge on any atom is 0.249 e. The van der Waals surface area contributed by atoms with Crippen molar-refractivity contribution in [1.82, 2.24) is 15.2 Å². The van der Waals surface area contributed by atoms with Crippen molar-refractivity contribution >= 4 is 17.5 Å². The van der Waals surface area contributed by atoms with Crippen LogP contribution in [0, 0.1) is 5.82 Å². The molecule has 0 aliphatic heterocycles. The van der Waals surface area contributed by atoms with Gasteiger partial charge in [0.15, 0.2) is 5.82 Å². The Morgan fingerprint density at radius 2 is 2.06 bits per heavy atom. The van der Waals surface area contributed by atoms with Crippen molar-refractivity contribution in [3.63, 3.8) is 0 Å². The average molecular weight is 245 g/mol. The van der Waals surface area contributed by atoms with Gasteiger partial charge >= 0.3 is 0 Å². The molecule has 92 valence electrons. The van der Waals surface area contributed by atoms with Crippen LogP contribution < -0.4 is 10.6 Å². The molecule has 1 heterocycles. The van der Waals surface area contributed by atoms with E-state index in [0.29, 0.717) is 17.5 Å². The lowest BCUT2D eigenvalue weighted by Gasteiger charge is -2.07. The molecule has 0 radical (unpaired) electrons. The molecule has 0 bridgehead atoms. The highest BCUT2D eigenvalue weighted by Crippen LogP contribution is 2.24. The number of para-hydroxylation sites is 1. The van der Waals surface area contributed by atoms with Crippen LogP contribution in [0.2, 0.25) is 0 Å². The van der Waals surface area contributed by atoms with Crippen LogP contribution in [0.25, 0.3) is 0 Å². The van der Waals surface area contributed by atoms with Gasteiger partial charge in [-0.05, 0) is 25.0 Å². The summed E-state index contributed by atoms with van der Waals surface area (Å²) in [6.45, 7) is 0. The minimum atomic E-state index is -0.346. The van der Waals surface area contributed by atoms with Gasteiger partial charge in [-0.3, -0.25) is 0 Å². The topological polar surface area (TPSA) is 62.7 Å². The second-order valence-corrected chi connectivity index (χ2v) is 4.19. The fourth-order valence-corrected chi connectivity index (χ4v) is 1.55. The summed E-state index contributed by atoms with van der Waals surface area (Å²) in [4.78, 5) is 4.23. The van der Waals surface area contributed by atoms with Crippen molar-refractivity contribution in [3.8, 4) is 0 Å². The number of aromatic nitrogens is 3. The lowest BCUT2D eigenvalue weighted by Crippen LogP contribution is -2.07. The quantitative estimate of drug-likeness (QED) is 0.865. The first-order valence-corrected chi connectivity index (χ1v) is 5.79. The first-order chi connectivity index (χ1) is 8.81. The molecule has 1 aromatic heterocycles. The largest absolute Gasteiger partial charge is 0.366 e. The van der Waals surface area contributed by atoms with E-state index in [2.05, 4.69) is 25.8 Å². The van der Waals surface area contributed by atoms with E-state index in [9.17, 15) is 4.39 Å². The van der Waals surface area contributed by atoms with Crippen molar-refractivity contribution in [2.24, 2.45) is 0 Å². The van der Waals surface area contributed by atoms with E-state index in [1.54, 1.807) is 24.4 Å². The van der Waals surface area contributed by atoms with E-state index in [4.69, 9.17) is 0 Å². The van der Waals surface area contributed by atoms with Crippen molar-refractivity contribution in [2.75, 3.05) is 10.6 Å². The summed E-state index contributed by atoms with van der Waals surface area (Å²) in [7, 11) is 0. The van der Waals surface area contributed by atoms with E-state index < -0.39 is 0 Å². The van der Waals surface area contributed by atoms with Gasteiger partial charge in [0.25, 0.3) is 0 Å². The summed E-state index contributed by atoms with van der Waals surface area (Å²) in [5.41, 5.74) is 0.336. The Balaban J connectivity index is 1.77. The van der Waals surface area contributed by atoms with Crippen LogP contribution in [-0.4, -0.2) is 21.2 Å². The molecule has 0 unspecified atom stereocenters. The number of anilines is 3. The number of hydrogen-bond acceptors (Lipinski definition) is 5. The number of hydrogen-bond donors (Lipinski definition) is 2. The Kier molecular flexibility index (Phi) is 2.76. The molecule has 0 saturated heterocycles. The van der Waals surface area contributed by atoms with Gasteiger partial charge < -0.3 is 10.6 Å². The number of benzene rings is 1.